The molecule has 2 aromatic carbocycles. The number of para-hydroxylation sites is 1. The van der Waals surface area contributed by atoms with E-state index in [9.17, 15) is 19.8 Å². The number of rotatable bonds is 3. The first-order valence-corrected chi connectivity index (χ1v) is 6.40. The van der Waals surface area contributed by atoms with Crippen molar-refractivity contribution in [1.29, 1.82) is 0 Å². The van der Waals surface area contributed by atoms with Gasteiger partial charge in [0.05, 0.1) is 16.6 Å². The van der Waals surface area contributed by atoms with Crippen LogP contribution in [0.5, 0.6) is 11.5 Å². The number of imidazole rings is 1. The fraction of sp³-hybridized carbons (Fsp3) is 0. The summed E-state index contributed by atoms with van der Waals surface area (Å²) in [5, 5.41) is 37.8. The molecule has 0 radical (unpaired) electrons. The smallest absolute Gasteiger partial charge is 0.339 e. The third-order valence-electron chi connectivity index (χ3n) is 3.34. The van der Waals surface area contributed by atoms with Crippen molar-refractivity contribution in [2.45, 2.75) is 0 Å². The molecule has 0 spiro atoms. The molecular weight excluding hydrogens is 304 g/mol. The van der Waals surface area contributed by atoms with Gasteiger partial charge in [0.15, 0.2) is 0 Å². The van der Waals surface area contributed by atoms with E-state index < -0.39 is 29.0 Å². The molecule has 0 aliphatic carbocycles. The number of aromatic nitrogens is 2. The Morgan fingerprint density at radius 1 is 0.957 bits per heavy atom. The van der Waals surface area contributed by atoms with Crippen molar-refractivity contribution in [3.05, 3.63) is 41.5 Å². The van der Waals surface area contributed by atoms with Gasteiger partial charge in [-0.25, -0.2) is 14.6 Å². The van der Waals surface area contributed by atoms with Gasteiger partial charge in [-0.3, -0.25) is 0 Å². The van der Waals surface area contributed by atoms with Gasteiger partial charge in [-0.15, -0.1) is 0 Å². The number of phenols is 2. The molecule has 0 aliphatic rings. The van der Waals surface area contributed by atoms with Gasteiger partial charge in [0.1, 0.15) is 28.4 Å². The van der Waals surface area contributed by atoms with E-state index in [1.54, 1.807) is 12.1 Å². The average Bonchev–Trinajstić information content (AvgIpc) is 2.92. The number of fused-ring (bicyclic) bond motifs is 1. The van der Waals surface area contributed by atoms with Crippen LogP contribution in [-0.2, 0) is 0 Å². The highest BCUT2D eigenvalue weighted by molar-refractivity contribution is 6.02. The van der Waals surface area contributed by atoms with Crippen LogP contribution in [0.3, 0.4) is 0 Å². The van der Waals surface area contributed by atoms with Gasteiger partial charge >= 0.3 is 11.9 Å². The van der Waals surface area contributed by atoms with E-state index in [0.29, 0.717) is 5.52 Å². The number of aromatic amines is 1. The molecule has 0 saturated carbocycles. The SMILES string of the molecule is O=C(O)c1cc(O)c(-c2nc3c(C(=O)O)cccc3[nH]2)cc1O. The fourth-order valence-electron chi connectivity index (χ4n) is 2.27. The van der Waals surface area contributed by atoms with Crippen LogP contribution in [0.4, 0.5) is 0 Å². The second-order valence-electron chi connectivity index (χ2n) is 4.78. The number of aromatic hydroxyl groups is 2. The fourth-order valence-corrected chi connectivity index (χ4v) is 2.27. The van der Waals surface area contributed by atoms with E-state index in [0.717, 1.165) is 12.1 Å². The summed E-state index contributed by atoms with van der Waals surface area (Å²) in [5.74, 6) is -3.37. The molecule has 0 bridgehead atoms. The Morgan fingerprint density at radius 2 is 1.65 bits per heavy atom. The highest BCUT2D eigenvalue weighted by Crippen LogP contribution is 2.34. The zero-order valence-corrected chi connectivity index (χ0v) is 11.4. The van der Waals surface area contributed by atoms with Gasteiger partial charge < -0.3 is 25.4 Å². The van der Waals surface area contributed by atoms with E-state index in [-0.39, 0.29) is 22.5 Å². The summed E-state index contributed by atoms with van der Waals surface area (Å²) in [6.07, 6.45) is 0. The lowest BCUT2D eigenvalue weighted by Gasteiger charge is -2.05. The van der Waals surface area contributed by atoms with Crippen LogP contribution in [0.2, 0.25) is 0 Å². The largest absolute Gasteiger partial charge is 0.507 e. The quantitative estimate of drug-likeness (QED) is 0.465. The van der Waals surface area contributed by atoms with Gasteiger partial charge in [0, 0.05) is 0 Å². The second-order valence-corrected chi connectivity index (χ2v) is 4.78. The number of benzene rings is 2. The molecule has 1 aromatic heterocycles. The highest BCUT2D eigenvalue weighted by atomic mass is 16.4. The molecule has 23 heavy (non-hydrogen) atoms. The molecule has 0 amide bonds. The number of carbonyl (C=O) groups is 2. The number of hydrogen-bond donors (Lipinski definition) is 5. The van der Waals surface area contributed by atoms with Crippen LogP contribution in [0.15, 0.2) is 30.3 Å². The molecule has 0 unspecified atom stereocenters. The lowest BCUT2D eigenvalue weighted by Crippen LogP contribution is -1.97. The average molecular weight is 314 g/mol. The Morgan fingerprint density at radius 3 is 2.30 bits per heavy atom. The summed E-state index contributed by atoms with van der Waals surface area (Å²) >= 11 is 0. The summed E-state index contributed by atoms with van der Waals surface area (Å²) < 4.78 is 0. The molecule has 116 valence electrons. The maximum Gasteiger partial charge on any atom is 0.339 e. The predicted octanol–water partition coefficient (Wildman–Crippen LogP) is 2.04. The van der Waals surface area contributed by atoms with Crippen molar-refractivity contribution in [3.63, 3.8) is 0 Å². The normalized spacial score (nSPS) is 10.8. The van der Waals surface area contributed by atoms with Gasteiger partial charge in [0.2, 0.25) is 0 Å². The molecule has 0 atom stereocenters. The third-order valence-corrected chi connectivity index (χ3v) is 3.34. The van der Waals surface area contributed by atoms with Crippen molar-refractivity contribution in [2.75, 3.05) is 0 Å². The number of carboxylic acids is 2. The van der Waals surface area contributed by atoms with Gasteiger partial charge in [-0.2, -0.15) is 0 Å². The number of nitrogens with one attached hydrogen (secondary N) is 1. The maximum atomic E-state index is 11.2. The van der Waals surface area contributed by atoms with Gasteiger partial charge in [-0.1, -0.05) is 6.07 Å². The minimum absolute atomic E-state index is 0.0177. The van der Waals surface area contributed by atoms with Crippen molar-refractivity contribution in [2.24, 2.45) is 0 Å². The molecule has 3 aromatic rings. The lowest BCUT2D eigenvalue weighted by molar-refractivity contribution is 0.0684. The molecule has 0 saturated heterocycles. The van der Waals surface area contributed by atoms with E-state index in [1.165, 1.54) is 6.07 Å². The molecule has 1 heterocycles. The van der Waals surface area contributed by atoms with Gasteiger partial charge in [0.25, 0.3) is 0 Å². The Labute approximate surface area is 128 Å². The first kappa shape index (κ1) is 14.4. The Balaban J connectivity index is 2.22. The Hall–Kier alpha value is -3.55. The molecule has 0 fully saturated rings. The first-order valence-electron chi connectivity index (χ1n) is 6.40. The summed E-state index contributed by atoms with van der Waals surface area (Å²) in [7, 11) is 0. The number of H-pyrrole nitrogens is 1. The van der Waals surface area contributed by atoms with E-state index in [2.05, 4.69) is 9.97 Å². The van der Waals surface area contributed by atoms with Crippen molar-refractivity contribution < 1.29 is 30.0 Å². The van der Waals surface area contributed by atoms with Crippen LogP contribution in [0.25, 0.3) is 22.4 Å². The molecular formula is C15H10N2O6. The van der Waals surface area contributed by atoms with Crippen LogP contribution in [0, 0.1) is 0 Å². The van der Waals surface area contributed by atoms with E-state index >= 15 is 0 Å². The minimum Gasteiger partial charge on any atom is -0.507 e. The van der Waals surface area contributed by atoms with Gasteiger partial charge in [-0.05, 0) is 24.3 Å². The van der Waals surface area contributed by atoms with E-state index in [4.69, 9.17) is 10.2 Å². The van der Waals surface area contributed by atoms with Crippen LogP contribution >= 0.6 is 0 Å². The molecule has 5 N–H and O–H groups in total. The zero-order valence-electron chi connectivity index (χ0n) is 11.4. The standard InChI is InChI=1S/C15H10N2O6/c18-10-5-8(15(22)23)11(19)4-7(10)13-16-9-3-1-2-6(14(20)21)12(9)17-13/h1-5,18-19H,(H,16,17)(H,20,21)(H,22,23). The van der Waals surface area contributed by atoms with Crippen molar-refractivity contribution >= 4 is 23.0 Å². The predicted molar refractivity (Wildman–Crippen MR) is 78.8 cm³/mol. The Kier molecular flexibility index (Phi) is 3.14. The summed E-state index contributed by atoms with van der Waals surface area (Å²) in [5.41, 5.74) is 0.210. The highest BCUT2D eigenvalue weighted by Gasteiger charge is 2.19. The number of hydrogen-bond acceptors (Lipinski definition) is 5. The van der Waals surface area contributed by atoms with Crippen LogP contribution in [0.1, 0.15) is 20.7 Å². The van der Waals surface area contributed by atoms with E-state index in [1.807, 2.05) is 0 Å². The monoisotopic (exact) mass is 314 g/mol. The second kappa shape index (κ2) is 5.02. The number of phenolic OH excluding ortho intramolecular Hbond substituents is 1. The van der Waals surface area contributed by atoms with Crippen LogP contribution in [-0.4, -0.2) is 42.3 Å². The number of carboxylic acid groups (broad SMARTS) is 2. The first-order chi connectivity index (χ1) is 10.9. The molecule has 8 heteroatoms. The summed E-state index contributed by atoms with van der Waals surface area (Å²) in [4.78, 5) is 29.1. The zero-order chi connectivity index (χ0) is 16.7. The summed E-state index contributed by atoms with van der Waals surface area (Å²) in [6.45, 7) is 0. The van der Waals surface area contributed by atoms with Crippen LogP contribution < -0.4 is 0 Å². The summed E-state index contributed by atoms with van der Waals surface area (Å²) in [6, 6.07) is 6.49. The topological polar surface area (TPSA) is 144 Å². The third kappa shape index (κ3) is 2.31. The lowest BCUT2D eigenvalue weighted by atomic mass is 10.1. The Bertz CT molecular complexity index is 960. The minimum atomic E-state index is -1.39. The van der Waals surface area contributed by atoms with Crippen molar-refractivity contribution in [3.8, 4) is 22.9 Å². The number of aromatic carboxylic acids is 2. The number of nitrogens with zero attached hydrogens (tertiary/aromatic N) is 1. The maximum absolute atomic E-state index is 11.2. The molecule has 0 aliphatic heterocycles. The molecule has 3 rings (SSSR count). The van der Waals surface area contributed by atoms with Crippen molar-refractivity contribution in [1.82, 2.24) is 9.97 Å². The molecule has 8 nitrogen and oxygen atoms in total.